The summed E-state index contributed by atoms with van der Waals surface area (Å²) in [5, 5.41) is 9.00. The maximum absolute atomic E-state index is 12.2. The van der Waals surface area contributed by atoms with Crippen LogP contribution in [0.4, 0.5) is 0 Å². The van der Waals surface area contributed by atoms with Crippen molar-refractivity contribution < 1.29 is 27.8 Å². The van der Waals surface area contributed by atoms with E-state index < -0.39 is 22.1 Å². The largest absolute Gasteiger partial charge is 0.489 e. The first kappa shape index (κ1) is 21.9. The fourth-order valence-corrected chi connectivity index (χ4v) is 3.56. The minimum absolute atomic E-state index is 0.110. The summed E-state index contributed by atoms with van der Waals surface area (Å²) < 4.78 is 36.8. The molecule has 0 saturated carbocycles. The summed E-state index contributed by atoms with van der Waals surface area (Å²) in [4.78, 5) is 11.2. The van der Waals surface area contributed by atoms with Crippen LogP contribution in [0.1, 0.15) is 30.6 Å². The normalized spacial score (nSPS) is 12.7. The van der Waals surface area contributed by atoms with Crippen molar-refractivity contribution in [3.8, 4) is 5.75 Å². The molecule has 1 atom stereocenters. The highest BCUT2D eigenvalue weighted by molar-refractivity contribution is 7.89. The zero-order valence-electron chi connectivity index (χ0n) is 16.2. The van der Waals surface area contributed by atoms with E-state index in [0.717, 1.165) is 15.4 Å². The van der Waals surface area contributed by atoms with Crippen molar-refractivity contribution in [2.75, 3.05) is 20.7 Å². The van der Waals surface area contributed by atoms with Gasteiger partial charge in [0.2, 0.25) is 10.0 Å². The molecule has 0 aromatic heterocycles. The summed E-state index contributed by atoms with van der Waals surface area (Å²) in [6.45, 7) is 2.44. The molecule has 2 rings (SSSR count). The standard InChI is InChI=1S/C20H25NO6S/c1-4-26-19(13-20(22)23)16-8-10-17(11-9-16)27-14-15-6-5-7-18(12-15)28(24,25)21(2)3/h5-12,19H,4,13-14H2,1-3H3,(H,22,23). The first-order valence-corrected chi connectivity index (χ1v) is 10.3. The van der Waals surface area contributed by atoms with Gasteiger partial charge in [-0.25, -0.2) is 12.7 Å². The lowest BCUT2D eigenvalue weighted by atomic mass is 10.1. The van der Waals surface area contributed by atoms with Gasteiger partial charge in [0.15, 0.2) is 0 Å². The lowest BCUT2D eigenvalue weighted by molar-refractivity contribution is -0.140. The lowest BCUT2D eigenvalue weighted by Crippen LogP contribution is -2.22. The van der Waals surface area contributed by atoms with Crippen LogP contribution >= 0.6 is 0 Å². The van der Waals surface area contributed by atoms with Crippen molar-refractivity contribution in [2.24, 2.45) is 0 Å². The summed E-state index contributed by atoms with van der Waals surface area (Å²) in [7, 11) is -0.525. The number of benzene rings is 2. The number of hydrogen-bond acceptors (Lipinski definition) is 5. The molecule has 0 amide bonds. The minimum atomic E-state index is -3.50. The van der Waals surface area contributed by atoms with Gasteiger partial charge < -0.3 is 14.6 Å². The number of rotatable bonds is 10. The van der Waals surface area contributed by atoms with E-state index in [9.17, 15) is 13.2 Å². The molecule has 0 aliphatic rings. The zero-order valence-corrected chi connectivity index (χ0v) is 17.0. The average molecular weight is 407 g/mol. The molecule has 0 radical (unpaired) electrons. The van der Waals surface area contributed by atoms with Gasteiger partial charge in [0.25, 0.3) is 0 Å². The molecule has 1 N–H and O–H groups in total. The second kappa shape index (κ2) is 9.68. The van der Waals surface area contributed by atoms with Crippen LogP contribution in [0.15, 0.2) is 53.4 Å². The van der Waals surface area contributed by atoms with Crippen LogP contribution in [0.3, 0.4) is 0 Å². The van der Waals surface area contributed by atoms with Crippen molar-refractivity contribution in [2.45, 2.75) is 31.0 Å². The molecular weight excluding hydrogens is 382 g/mol. The fourth-order valence-electron chi connectivity index (χ4n) is 2.58. The molecule has 0 heterocycles. The molecule has 28 heavy (non-hydrogen) atoms. The number of nitrogens with zero attached hydrogens (tertiary/aromatic N) is 1. The van der Waals surface area contributed by atoms with Crippen molar-refractivity contribution in [1.29, 1.82) is 0 Å². The highest BCUT2D eigenvalue weighted by atomic mass is 32.2. The Bertz CT molecular complexity index is 893. The van der Waals surface area contributed by atoms with Crippen molar-refractivity contribution >= 4 is 16.0 Å². The first-order chi connectivity index (χ1) is 13.2. The van der Waals surface area contributed by atoms with Gasteiger partial charge in [-0.2, -0.15) is 0 Å². The van der Waals surface area contributed by atoms with E-state index in [1.54, 1.807) is 48.5 Å². The second-order valence-electron chi connectivity index (χ2n) is 6.33. The predicted octanol–water partition coefficient (Wildman–Crippen LogP) is 3.07. The van der Waals surface area contributed by atoms with Crippen LogP contribution in [0, 0.1) is 0 Å². The molecule has 0 aliphatic heterocycles. The van der Waals surface area contributed by atoms with Crippen LogP contribution < -0.4 is 4.74 Å². The Kier molecular flexibility index (Phi) is 7.56. The lowest BCUT2D eigenvalue weighted by Gasteiger charge is -2.16. The number of hydrogen-bond donors (Lipinski definition) is 1. The maximum atomic E-state index is 12.2. The molecule has 152 valence electrons. The molecule has 7 nitrogen and oxygen atoms in total. The summed E-state index contributed by atoms with van der Waals surface area (Å²) in [6, 6.07) is 13.6. The Morgan fingerprint density at radius 3 is 2.39 bits per heavy atom. The zero-order chi connectivity index (χ0) is 20.7. The topological polar surface area (TPSA) is 93.1 Å². The predicted molar refractivity (Wildman–Crippen MR) is 105 cm³/mol. The Morgan fingerprint density at radius 2 is 1.82 bits per heavy atom. The van der Waals surface area contributed by atoms with E-state index in [1.165, 1.54) is 14.1 Å². The third-order valence-electron chi connectivity index (χ3n) is 4.06. The summed E-state index contributed by atoms with van der Waals surface area (Å²) >= 11 is 0. The van der Waals surface area contributed by atoms with Crippen LogP contribution in [0.25, 0.3) is 0 Å². The Hall–Kier alpha value is -2.42. The third-order valence-corrected chi connectivity index (χ3v) is 5.87. The van der Waals surface area contributed by atoms with E-state index >= 15 is 0 Å². The monoisotopic (exact) mass is 407 g/mol. The maximum Gasteiger partial charge on any atom is 0.306 e. The van der Waals surface area contributed by atoms with Gasteiger partial charge in [0, 0.05) is 20.7 Å². The number of ether oxygens (including phenoxy) is 2. The second-order valence-corrected chi connectivity index (χ2v) is 8.49. The number of aliphatic carboxylic acids is 1. The molecular formula is C20H25NO6S. The molecule has 0 fully saturated rings. The molecule has 8 heteroatoms. The van der Waals surface area contributed by atoms with Gasteiger partial charge in [-0.05, 0) is 42.3 Å². The number of sulfonamides is 1. The van der Waals surface area contributed by atoms with E-state index in [2.05, 4.69) is 0 Å². The number of carboxylic acid groups (broad SMARTS) is 1. The van der Waals surface area contributed by atoms with Crippen LogP contribution in [-0.2, 0) is 26.2 Å². The Morgan fingerprint density at radius 1 is 1.14 bits per heavy atom. The van der Waals surface area contributed by atoms with Gasteiger partial charge in [-0.1, -0.05) is 24.3 Å². The van der Waals surface area contributed by atoms with Gasteiger partial charge in [-0.3, -0.25) is 4.79 Å². The van der Waals surface area contributed by atoms with E-state index in [4.69, 9.17) is 14.6 Å². The highest BCUT2D eigenvalue weighted by Gasteiger charge is 2.18. The average Bonchev–Trinajstić information content (AvgIpc) is 2.66. The summed E-state index contributed by atoms with van der Waals surface area (Å²) in [5.74, 6) is -0.332. The van der Waals surface area contributed by atoms with Crippen LogP contribution in [0.5, 0.6) is 5.75 Å². The molecule has 2 aromatic carbocycles. The third kappa shape index (κ3) is 5.79. The van der Waals surface area contributed by atoms with Gasteiger partial charge in [-0.15, -0.1) is 0 Å². The van der Waals surface area contributed by atoms with E-state index in [0.29, 0.717) is 12.4 Å². The molecule has 2 aromatic rings. The summed E-state index contributed by atoms with van der Waals surface area (Å²) in [6.07, 6.45) is -0.620. The highest BCUT2D eigenvalue weighted by Crippen LogP contribution is 2.24. The first-order valence-electron chi connectivity index (χ1n) is 8.81. The van der Waals surface area contributed by atoms with E-state index in [1.807, 2.05) is 6.92 Å². The quantitative estimate of drug-likeness (QED) is 0.651. The molecule has 0 saturated heterocycles. The van der Waals surface area contributed by atoms with Gasteiger partial charge in [0.05, 0.1) is 17.4 Å². The van der Waals surface area contributed by atoms with Crippen LogP contribution in [0.2, 0.25) is 0 Å². The summed E-state index contributed by atoms with van der Waals surface area (Å²) in [5.41, 5.74) is 1.49. The Balaban J connectivity index is 2.06. The molecule has 1 unspecified atom stereocenters. The van der Waals surface area contributed by atoms with Crippen LogP contribution in [-0.4, -0.2) is 44.5 Å². The van der Waals surface area contributed by atoms with E-state index in [-0.39, 0.29) is 17.9 Å². The van der Waals surface area contributed by atoms with Crippen molar-refractivity contribution in [1.82, 2.24) is 4.31 Å². The Labute approximate surface area is 165 Å². The molecule has 0 bridgehead atoms. The SMILES string of the molecule is CCOC(CC(=O)O)c1ccc(OCc2cccc(S(=O)(=O)N(C)C)c2)cc1. The number of carboxylic acids is 1. The van der Waals surface area contributed by atoms with Gasteiger partial charge in [0.1, 0.15) is 12.4 Å². The van der Waals surface area contributed by atoms with Crippen molar-refractivity contribution in [3.05, 3.63) is 59.7 Å². The smallest absolute Gasteiger partial charge is 0.306 e. The fraction of sp³-hybridized carbons (Fsp3) is 0.350. The molecule has 0 aliphatic carbocycles. The van der Waals surface area contributed by atoms with Gasteiger partial charge >= 0.3 is 5.97 Å². The minimum Gasteiger partial charge on any atom is -0.489 e. The van der Waals surface area contributed by atoms with Crippen molar-refractivity contribution in [3.63, 3.8) is 0 Å². The number of carbonyl (C=O) groups is 1. The molecule has 0 spiro atoms.